The van der Waals surface area contributed by atoms with Crippen LogP contribution in [-0.2, 0) is 14.3 Å². The van der Waals surface area contributed by atoms with E-state index in [-0.39, 0.29) is 12.0 Å². The fraction of sp³-hybridized carbons (Fsp3) is 0.483. The van der Waals surface area contributed by atoms with Gasteiger partial charge < -0.3 is 25.4 Å². The maximum Gasteiger partial charge on any atom is 0.408 e. The summed E-state index contributed by atoms with van der Waals surface area (Å²) in [6, 6.07) is 8.38. The zero-order valence-electron chi connectivity index (χ0n) is 23.1. The van der Waals surface area contributed by atoms with Gasteiger partial charge in [0.25, 0.3) is 5.91 Å². The predicted molar refractivity (Wildman–Crippen MR) is 148 cm³/mol. The Kier molecular flexibility index (Phi) is 9.10. The van der Waals surface area contributed by atoms with Crippen molar-refractivity contribution in [1.29, 1.82) is 0 Å². The van der Waals surface area contributed by atoms with Crippen LogP contribution >= 0.6 is 11.6 Å². The highest BCUT2D eigenvalue weighted by Gasteiger charge is 2.48. The van der Waals surface area contributed by atoms with Crippen molar-refractivity contribution >= 4 is 35.2 Å². The van der Waals surface area contributed by atoms with Gasteiger partial charge in [0.05, 0.1) is 17.3 Å². The number of rotatable bonds is 8. The van der Waals surface area contributed by atoms with Crippen LogP contribution in [-0.4, -0.2) is 52.2 Å². The van der Waals surface area contributed by atoms with E-state index in [2.05, 4.69) is 10.6 Å². The van der Waals surface area contributed by atoms with Gasteiger partial charge in [0.15, 0.2) is 0 Å². The van der Waals surface area contributed by atoms with E-state index < -0.39 is 42.2 Å². The Balaban J connectivity index is 2.06. The summed E-state index contributed by atoms with van der Waals surface area (Å²) in [6.45, 7) is 12.2. The molecule has 4 atom stereocenters. The minimum atomic E-state index is -1.29. The molecule has 3 amide bonds. The molecule has 0 bridgehead atoms. The molecule has 38 heavy (non-hydrogen) atoms. The van der Waals surface area contributed by atoms with E-state index >= 15 is 0 Å². The van der Waals surface area contributed by atoms with Crippen molar-refractivity contribution in [1.82, 2.24) is 10.2 Å². The predicted octanol–water partition coefficient (Wildman–Crippen LogP) is 5.07. The van der Waals surface area contributed by atoms with E-state index in [0.717, 1.165) is 16.7 Å². The van der Waals surface area contributed by atoms with Gasteiger partial charge in [0.2, 0.25) is 5.91 Å². The topological polar surface area (TPSA) is 108 Å². The number of aliphatic hydroxyl groups is 1. The Hall–Kier alpha value is -3.10. The number of para-hydroxylation sites is 1. The highest BCUT2D eigenvalue weighted by Crippen LogP contribution is 2.42. The lowest BCUT2D eigenvalue weighted by atomic mass is 9.94. The summed E-state index contributed by atoms with van der Waals surface area (Å²) >= 11 is 6.41. The first-order chi connectivity index (χ1) is 17.7. The third-order valence-electron chi connectivity index (χ3n) is 6.79. The van der Waals surface area contributed by atoms with Crippen molar-refractivity contribution in [2.45, 2.75) is 78.6 Å². The van der Waals surface area contributed by atoms with E-state index in [1.807, 2.05) is 52.0 Å². The molecule has 1 aliphatic rings. The fourth-order valence-electron chi connectivity index (χ4n) is 4.46. The van der Waals surface area contributed by atoms with Gasteiger partial charge in [0, 0.05) is 6.04 Å². The number of hydrogen-bond donors (Lipinski definition) is 3. The largest absolute Gasteiger partial charge is 0.444 e. The number of carbonyl (C=O) groups is 3. The van der Waals surface area contributed by atoms with E-state index in [0.29, 0.717) is 22.7 Å². The summed E-state index contributed by atoms with van der Waals surface area (Å²) in [6.07, 6.45) is -0.135. The number of halogens is 1. The van der Waals surface area contributed by atoms with Gasteiger partial charge in [-0.15, -0.1) is 0 Å². The zero-order valence-corrected chi connectivity index (χ0v) is 23.8. The van der Waals surface area contributed by atoms with Crippen LogP contribution in [0.2, 0.25) is 5.02 Å². The lowest BCUT2D eigenvalue weighted by Gasteiger charge is -2.35. The van der Waals surface area contributed by atoms with Crippen molar-refractivity contribution in [2.24, 2.45) is 5.92 Å². The van der Waals surface area contributed by atoms with Crippen LogP contribution in [0.25, 0.3) is 0 Å². The van der Waals surface area contributed by atoms with Gasteiger partial charge in [0.1, 0.15) is 17.7 Å². The molecule has 3 rings (SSSR count). The summed E-state index contributed by atoms with van der Waals surface area (Å²) in [7, 11) is 0. The maximum atomic E-state index is 14.0. The SMILES string of the molecule is Cc1cccc(C(C(=O)Nc2c(C)cccc2Cl)N(C(=O)C(CO)NC(=O)OC(C)(C)C)C2CC2C)c1C. The fourth-order valence-corrected chi connectivity index (χ4v) is 4.73. The van der Waals surface area contributed by atoms with Gasteiger partial charge in [-0.2, -0.15) is 0 Å². The molecule has 3 N–H and O–H groups in total. The number of nitrogens with zero attached hydrogens (tertiary/aromatic N) is 1. The number of nitrogens with one attached hydrogen (secondary N) is 2. The van der Waals surface area contributed by atoms with Crippen LogP contribution in [0.15, 0.2) is 36.4 Å². The van der Waals surface area contributed by atoms with Crippen molar-refractivity contribution in [3.05, 3.63) is 63.7 Å². The average Bonchev–Trinajstić information content (AvgIpc) is 3.54. The van der Waals surface area contributed by atoms with Crippen LogP contribution in [0, 0.1) is 26.7 Å². The second-order valence-electron chi connectivity index (χ2n) is 11.0. The molecule has 0 aromatic heterocycles. The molecule has 1 fully saturated rings. The molecule has 0 saturated heterocycles. The first kappa shape index (κ1) is 29.5. The minimum absolute atomic E-state index is 0.141. The molecule has 4 unspecified atom stereocenters. The summed E-state index contributed by atoms with van der Waals surface area (Å²) in [5, 5.41) is 15.9. The Bertz CT molecular complexity index is 1190. The summed E-state index contributed by atoms with van der Waals surface area (Å²) in [5.41, 5.74) is 2.96. The highest BCUT2D eigenvalue weighted by molar-refractivity contribution is 6.34. The highest BCUT2D eigenvalue weighted by atomic mass is 35.5. The zero-order chi connectivity index (χ0) is 28.4. The quantitative estimate of drug-likeness (QED) is 0.431. The standard InChI is InChI=1S/C29H38ClN3O5/c1-16-10-8-12-20(19(16)4)25(26(35)32-24-17(2)11-9-13-21(24)30)33(23-14-18(23)3)27(36)22(15-34)31-28(37)38-29(5,6)7/h8-13,18,22-23,25,34H,14-15H2,1-7H3,(H,31,37)(H,32,35). The second-order valence-corrected chi connectivity index (χ2v) is 11.4. The average molecular weight is 544 g/mol. The van der Waals surface area contributed by atoms with E-state index in [9.17, 15) is 19.5 Å². The molecule has 0 spiro atoms. The number of carbonyl (C=O) groups excluding carboxylic acids is 3. The van der Waals surface area contributed by atoms with Crippen molar-refractivity contribution in [3.8, 4) is 0 Å². The lowest BCUT2D eigenvalue weighted by Crippen LogP contribution is -2.54. The Morgan fingerprint density at radius 1 is 1.11 bits per heavy atom. The van der Waals surface area contributed by atoms with Gasteiger partial charge in [-0.3, -0.25) is 9.59 Å². The summed E-state index contributed by atoms with van der Waals surface area (Å²) in [4.78, 5) is 42.0. The molecular weight excluding hydrogens is 506 g/mol. The van der Waals surface area contributed by atoms with Crippen LogP contribution in [0.5, 0.6) is 0 Å². The number of amides is 3. The van der Waals surface area contributed by atoms with Crippen molar-refractivity contribution in [3.63, 3.8) is 0 Å². The summed E-state index contributed by atoms with van der Waals surface area (Å²) in [5.74, 6) is -0.858. The Morgan fingerprint density at radius 3 is 2.26 bits per heavy atom. The number of hydrogen-bond acceptors (Lipinski definition) is 5. The molecular formula is C29H38ClN3O5. The number of aliphatic hydroxyl groups excluding tert-OH is 1. The minimum Gasteiger partial charge on any atom is -0.444 e. The number of aryl methyl sites for hydroxylation is 2. The lowest BCUT2D eigenvalue weighted by molar-refractivity contribution is -0.142. The molecule has 0 aliphatic heterocycles. The molecule has 2 aromatic rings. The molecule has 2 aromatic carbocycles. The van der Waals surface area contributed by atoms with Crippen LogP contribution in [0.1, 0.15) is 62.4 Å². The molecule has 0 heterocycles. The van der Waals surface area contributed by atoms with Crippen molar-refractivity contribution < 1.29 is 24.2 Å². The number of benzene rings is 2. The molecule has 1 aliphatic carbocycles. The van der Waals surface area contributed by atoms with Gasteiger partial charge in [-0.25, -0.2) is 4.79 Å². The first-order valence-electron chi connectivity index (χ1n) is 12.8. The molecule has 206 valence electrons. The Labute approximate surface area is 229 Å². The van der Waals surface area contributed by atoms with Crippen LogP contribution in [0.4, 0.5) is 10.5 Å². The maximum absolute atomic E-state index is 14.0. The van der Waals surface area contributed by atoms with Crippen LogP contribution < -0.4 is 10.6 Å². The molecule has 9 heteroatoms. The summed E-state index contributed by atoms with van der Waals surface area (Å²) < 4.78 is 5.30. The molecule has 1 saturated carbocycles. The third-order valence-corrected chi connectivity index (χ3v) is 7.10. The van der Waals surface area contributed by atoms with Crippen molar-refractivity contribution in [2.75, 3.05) is 11.9 Å². The number of ether oxygens (including phenoxy) is 1. The smallest absolute Gasteiger partial charge is 0.408 e. The molecule has 0 radical (unpaired) electrons. The third kappa shape index (κ3) is 6.85. The Morgan fingerprint density at radius 2 is 1.71 bits per heavy atom. The normalized spacial score (nSPS) is 18.2. The van der Waals surface area contributed by atoms with Gasteiger partial charge in [-0.05, 0) is 82.2 Å². The van der Waals surface area contributed by atoms with Gasteiger partial charge in [-0.1, -0.05) is 48.9 Å². The van der Waals surface area contributed by atoms with E-state index in [4.69, 9.17) is 16.3 Å². The van der Waals surface area contributed by atoms with E-state index in [1.165, 1.54) is 4.90 Å². The van der Waals surface area contributed by atoms with Crippen LogP contribution in [0.3, 0.4) is 0 Å². The number of anilines is 1. The first-order valence-corrected chi connectivity index (χ1v) is 13.2. The monoisotopic (exact) mass is 543 g/mol. The molecule has 8 nitrogen and oxygen atoms in total. The number of alkyl carbamates (subject to hydrolysis) is 1. The van der Waals surface area contributed by atoms with Gasteiger partial charge >= 0.3 is 6.09 Å². The second kappa shape index (κ2) is 11.7. The van der Waals surface area contributed by atoms with E-state index in [1.54, 1.807) is 32.9 Å².